The lowest BCUT2D eigenvalue weighted by molar-refractivity contribution is -0.262. The van der Waals surface area contributed by atoms with Crippen LogP contribution in [0.1, 0.15) is 13.3 Å². The standard InChI is InChI=1S/C23H23FO8/c1-2-17-16(10-25)21(27)22(28)23(32-17)31-14-7-8-15-18(9-14)29-11-19(20(15)26)30-13-5-3-12(24)4-6-13/h3-9,11,16-17,21-23,25,27-28H,2,10H2,1H3. The molecule has 1 aliphatic heterocycles. The molecule has 4 rings (SSSR count). The summed E-state index contributed by atoms with van der Waals surface area (Å²) in [6.45, 7) is 1.51. The summed E-state index contributed by atoms with van der Waals surface area (Å²) >= 11 is 0. The molecule has 0 bridgehead atoms. The quantitative estimate of drug-likeness (QED) is 0.529. The molecular weight excluding hydrogens is 423 g/mol. The van der Waals surface area contributed by atoms with Crippen LogP contribution in [0.15, 0.2) is 57.9 Å². The Morgan fingerprint density at radius 1 is 1.06 bits per heavy atom. The zero-order chi connectivity index (χ0) is 22.8. The number of hydrogen-bond donors (Lipinski definition) is 3. The van der Waals surface area contributed by atoms with Crippen LogP contribution in [0.2, 0.25) is 0 Å². The third kappa shape index (κ3) is 4.33. The fraction of sp³-hybridized carbons (Fsp3) is 0.348. The largest absolute Gasteiger partial charge is 0.462 e. The number of ether oxygens (including phenoxy) is 3. The highest BCUT2D eigenvalue weighted by Crippen LogP contribution is 2.31. The highest BCUT2D eigenvalue weighted by Gasteiger charge is 2.44. The van der Waals surface area contributed by atoms with Crippen LogP contribution in [0.5, 0.6) is 17.2 Å². The van der Waals surface area contributed by atoms with Gasteiger partial charge in [-0.05, 0) is 42.8 Å². The van der Waals surface area contributed by atoms with E-state index in [1.807, 2.05) is 6.92 Å². The van der Waals surface area contributed by atoms with Gasteiger partial charge >= 0.3 is 0 Å². The Labute approximate surface area is 182 Å². The minimum absolute atomic E-state index is 0.0623. The molecule has 2 aromatic carbocycles. The molecule has 1 fully saturated rings. The Kier molecular flexibility index (Phi) is 6.43. The van der Waals surface area contributed by atoms with Crippen molar-refractivity contribution >= 4 is 11.0 Å². The van der Waals surface area contributed by atoms with Gasteiger partial charge in [0.2, 0.25) is 17.5 Å². The Morgan fingerprint density at radius 3 is 2.47 bits per heavy atom. The van der Waals surface area contributed by atoms with Crippen LogP contribution < -0.4 is 14.9 Å². The van der Waals surface area contributed by atoms with Gasteiger partial charge in [0.25, 0.3) is 0 Å². The summed E-state index contributed by atoms with van der Waals surface area (Å²) in [5.41, 5.74) is -0.214. The van der Waals surface area contributed by atoms with Gasteiger partial charge in [-0.1, -0.05) is 6.92 Å². The average Bonchev–Trinajstić information content (AvgIpc) is 2.80. The molecule has 32 heavy (non-hydrogen) atoms. The van der Waals surface area contributed by atoms with Gasteiger partial charge in [0.15, 0.2) is 0 Å². The monoisotopic (exact) mass is 446 g/mol. The molecule has 5 atom stereocenters. The van der Waals surface area contributed by atoms with Crippen molar-refractivity contribution in [3.63, 3.8) is 0 Å². The number of aliphatic hydroxyl groups excluding tert-OH is 3. The van der Waals surface area contributed by atoms with Crippen molar-refractivity contribution in [1.29, 1.82) is 0 Å². The highest BCUT2D eigenvalue weighted by atomic mass is 19.1. The van der Waals surface area contributed by atoms with Crippen molar-refractivity contribution in [3.05, 3.63) is 64.8 Å². The summed E-state index contributed by atoms with van der Waals surface area (Å²) in [6, 6.07) is 9.66. The lowest BCUT2D eigenvalue weighted by Crippen LogP contribution is -2.57. The molecule has 0 amide bonds. The maximum Gasteiger partial charge on any atom is 0.235 e. The second-order valence-corrected chi connectivity index (χ2v) is 7.54. The van der Waals surface area contributed by atoms with Crippen LogP contribution in [-0.4, -0.2) is 46.5 Å². The summed E-state index contributed by atoms with van der Waals surface area (Å²) in [5.74, 6) is -0.572. The van der Waals surface area contributed by atoms with E-state index in [1.165, 1.54) is 42.5 Å². The molecule has 1 saturated heterocycles. The lowest BCUT2D eigenvalue weighted by atomic mass is 9.88. The molecule has 0 spiro atoms. The molecule has 5 unspecified atom stereocenters. The number of fused-ring (bicyclic) bond motifs is 1. The maximum atomic E-state index is 13.0. The zero-order valence-corrected chi connectivity index (χ0v) is 17.2. The molecule has 3 N–H and O–H groups in total. The number of hydrogen-bond acceptors (Lipinski definition) is 8. The smallest absolute Gasteiger partial charge is 0.235 e. The van der Waals surface area contributed by atoms with E-state index in [9.17, 15) is 24.5 Å². The molecule has 8 nitrogen and oxygen atoms in total. The van der Waals surface area contributed by atoms with Gasteiger partial charge in [0.1, 0.15) is 35.3 Å². The summed E-state index contributed by atoms with van der Waals surface area (Å²) in [7, 11) is 0. The summed E-state index contributed by atoms with van der Waals surface area (Å²) in [5, 5.41) is 30.3. The van der Waals surface area contributed by atoms with Gasteiger partial charge < -0.3 is 33.9 Å². The van der Waals surface area contributed by atoms with E-state index < -0.39 is 41.8 Å². The van der Waals surface area contributed by atoms with E-state index in [2.05, 4.69) is 0 Å². The number of aliphatic hydroxyl groups is 3. The number of benzene rings is 2. The first-order valence-corrected chi connectivity index (χ1v) is 10.2. The van der Waals surface area contributed by atoms with Crippen LogP contribution >= 0.6 is 0 Å². The van der Waals surface area contributed by atoms with Gasteiger partial charge in [-0.3, -0.25) is 4.79 Å². The van der Waals surface area contributed by atoms with Crippen LogP contribution in [0.4, 0.5) is 4.39 Å². The van der Waals surface area contributed by atoms with Crippen LogP contribution in [0, 0.1) is 11.7 Å². The van der Waals surface area contributed by atoms with E-state index in [0.717, 1.165) is 6.26 Å². The van der Waals surface area contributed by atoms with E-state index in [4.69, 9.17) is 18.6 Å². The van der Waals surface area contributed by atoms with E-state index in [-0.39, 0.29) is 34.8 Å². The van der Waals surface area contributed by atoms with E-state index in [1.54, 1.807) is 0 Å². The van der Waals surface area contributed by atoms with Crippen LogP contribution in [-0.2, 0) is 4.74 Å². The molecule has 0 aliphatic carbocycles. The minimum Gasteiger partial charge on any atom is -0.462 e. The molecule has 0 radical (unpaired) electrons. The Balaban J connectivity index is 1.55. The molecule has 1 aliphatic rings. The van der Waals surface area contributed by atoms with Crippen molar-refractivity contribution in [2.75, 3.05) is 6.61 Å². The topological polar surface area (TPSA) is 119 Å². The molecule has 170 valence electrons. The Morgan fingerprint density at radius 2 is 1.78 bits per heavy atom. The zero-order valence-electron chi connectivity index (χ0n) is 17.2. The first-order chi connectivity index (χ1) is 15.4. The molecule has 1 aromatic heterocycles. The molecule has 2 heterocycles. The van der Waals surface area contributed by atoms with Gasteiger partial charge in [-0.25, -0.2) is 4.39 Å². The van der Waals surface area contributed by atoms with Crippen molar-refractivity contribution in [1.82, 2.24) is 0 Å². The summed E-state index contributed by atoms with van der Waals surface area (Å²) in [6.07, 6.45) is -2.58. The second-order valence-electron chi connectivity index (χ2n) is 7.54. The first-order valence-electron chi connectivity index (χ1n) is 10.2. The van der Waals surface area contributed by atoms with Gasteiger partial charge in [-0.2, -0.15) is 0 Å². The van der Waals surface area contributed by atoms with Gasteiger partial charge in [-0.15, -0.1) is 0 Å². The number of halogens is 1. The predicted octanol–water partition coefficient (Wildman–Crippen LogP) is 2.57. The van der Waals surface area contributed by atoms with E-state index in [0.29, 0.717) is 6.42 Å². The molecule has 3 aromatic rings. The lowest BCUT2D eigenvalue weighted by Gasteiger charge is -2.41. The Bertz CT molecular complexity index is 1130. The normalized spacial score (nSPS) is 25.6. The summed E-state index contributed by atoms with van der Waals surface area (Å²) in [4.78, 5) is 12.7. The fourth-order valence-electron chi connectivity index (χ4n) is 3.71. The third-order valence-corrected chi connectivity index (χ3v) is 5.48. The van der Waals surface area contributed by atoms with Crippen molar-refractivity contribution in [2.45, 2.75) is 37.9 Å². The van der Waals surface area contributed by atoms with Crippen molar-refractivity contribution in [3.8, 4) is 17.2 Å². The maximum absolute atomic E-state index is 13.0. The molecule has 9 heteroatoms. The number of rotatable bonds is 6. The van der Waals surface area contributed by atoms with Crippen molar-refractivity contribution < 1.29 is 38.3 Å². The second kappa shape index (κ2) is 9.25. The predicted molar refractivity (Wildman–Crippen MR) is 111 cm³/mol. The minimum atomic E-state index is -1.37. The van der Waals surface area contributed by atoms with Crippen LogP contribution in [0.25, 0.3) is 11.0 Å². The van der Waals surface area contributed by atoms with Crippen molar-refractivity contribution in [2.24, 2.45) is 5.92 Å². The summed E-state index contributed by atoms with van der Waals surface area (Å²) < 4.78 is 35.5. The average molecular weight is 446 g/mol. The molecule has 0 saturated carbocycles. The van der Waals surface area contributed by atoms with Gasteiger partial charge in [0.05, 0.1) is 24.2 Å². The van der Waals surface area contributed by atoms with Gasteiger partial charge in [0, 0.05) is 12.0 Å². The highest BCUT2D eigenvalue weighted by molar-refractivity contribution is 5.79. The van der Waals surface area contributed by atoms with E-state index >= 15 is 0 Å². The first kappa shape index (κ1) is 22.2. The molecular formula is C23H23FO8. The Hall–Kier alpha value is -2.98. The fourth-order valence-corrected chi connectivity index (χ4v) is 3.71. The third-order valence-electron chi connectivity index (χ3n) is 5.48. The van der Waals surface area contributed by atoms with Crippen LogP contribution in [0.3, 0.4) is 0 Å². The SMILES string of the molecule is CCC1OC(Oc2ccc3c(=O)c(Oc4ccc(F)cc4)coc3c2)C(O)C(O)C1CO.